The summed E-state index contributed by atoms with van der Waals surface area (Å²) in [5, 5.41) is 8.90. The zero-order chi connectivity index (χ0) is 41.9. The highest BCUT2D eigenvalue weighted by atomic mass is 31.2. The van der Waals surface area contributed by atoms with Gasteiger partial charge in [-0.25, -0.2) is 4.57 Å². The molecule has 0 fully saturated rings. The van der Waals surface area contributed by atoms with Crippen LogP contribution in [0.1, 0.15) is 232 Å². The van der Waals surface area contributed by atoms with Crippen molar-refractivity contribution in [2.45, 2.75) is 244 Å². The lowest BCUT2D eigenvalue weighted by Gasteiger charge is -2.20. The molecule has 0 spiro atoms. The van der Waals surface area contributed by atoms with Crippen molar-refractivity contribution in [2.24, 2.45) is 5.73 Å². The first kappa shape index (κ1) is 55.7. The number of carbonyl (C=O) groups is 2. The van der Waals surface area contributed by atoms with Gasteiger partial charge in [0.05, 0.1) is 19.8 Å². The highest BCUT2D eigenvalue weighted by Crippen LogP contribution is 2.43. The minimum absolute atomic E-state index is 0.0183. The average Bonchev–Trinajstić information content (AvgIpc) is 3.19. The van der Waals surface area contributed by atoms with Gasteiger partial charge in [-0.2, -0.15) is 0 Å². The van der Waals surface area contributed by atoms with Crippen LogP contribution >= 0.6 is 7.82 Å². The number of rotatable bonds is 46. The Balaban J connectivity index is 4.12. The first-order valence-electron chi connectivity index (χ1n) is 23.7. The Labute approximate surface area is 350 Å². The minimum atomic E-state index is -4.61. The lowest BCUT2D eigenvalue weighted by Crippen LogP contribution is -2.34. The Bertz CT molecular complexity index is 966. The molecule has 57 heavy (non-hydrogen) atoms. The monoisotopic (exact) mass is 832 g/mol. The van der Waals surface area contributed by atoms with E-state index >= 15 is 0 Å². The van der Waals surface area contributed by atoms with E-state index in [0.717, 1.165) is 44.9 Å². The summed E-state index contributed by atoms with van der Waals surface area (Å²) in [5.74, 6) is -1.77. The summed E-state index contributed by atoms with van der Waals surface area (Å²) < 4.78 is 33.4. The number of nitrogens with two attached hydrogens (primary N) is 1. The van der Waals surface area contributed by atoms with Crippen molar-refractivity contribution in [1.82, 2.24) is 0 Å². The Morgan fingerprint density at radius 2 is 0.912 bits per heavy atom. The van der Waals surface area contributed by atoms with Crippen LogP contribution in [0.3, 0.4) is 0 Å². The van der Waals surface area contributed by atoms with Crippen molar-refractivity contribution >= 4 is 19.8 Å². The van der Waals surface area contributed by atoms with Gasteiger partial charge in [-0.05, 0) is 38.5 Å². The molecule has 0 rings (SSSR count). The van der Waals surface area contributed by atoms with Gasteiger partial charge in [-0.15, -0.1) is 0 Å². The van der Waals surface area contributed by atoms with Crippen molar-refractivity contribution in [3.63, 3.8) is 0 Å². The molecule has 0 aliphatic rings. The highest BCUT2D eigenvalue weighted by Gasteiger charge is 2.27. The van der Waals surface area contributed by atoms with Gasteiger partial charge in [0, 0.05) is 13.0 Å². The number of aliphatic carboxylic acids is 1. The fraction of sp³-hybridized carbons (Fsp3) is 0.913. The second-order valence-electron chi connectivity index (χ2n) is 16.2. The van der Waals surface area contributed by atoms with Gasteiger partial charge in [0.1, 0.15) is 12.1 Å². The molecule has 10 nitrogen and oxygen atoms in total. The van der Waals surface area contributed by atoms with Crippen LogP contribution in [-0.4, -0.2) is 60.5 Å². The second kappa shape index (κ2) is 42.8. The second-order valence-corrected chi connectivity index (χ2v) is 17.7. The fourth-order valence-corrected chi connectivity index (χ4v) is 7.61. The summed E-state index contributed by atoms with van der Waals surface area (Å²) in [6, 6.07) is -1.47. The predicted molar refractivity (Wildman–Crippen MR) is 236 cm³/mol. The maximum atomic E-state index is 12.7. The van der Waals surface area contributed by atoms with E-state index in [4.69, 9.17) is 29.4 Å². The molecule has 0 aliphatic heterocycles. The van der Waals surface area contributed by atoms with Crippen molar-refractivity contribution in [3.05, 3.63) is 12.2 Å². The highest BCUT2D eigenvalue weighted by molar-refractivity contribution is 7.47. The van der Waals surface area contributed by atoms with E-state index in [9.17, 15) is 19.0 Å². The number of carbonyl (C=O) groups excluding carboxylic acids is 1. The SMILES string of the molecule is CCCCCC/C=C\CCCCCCCCOCC(COP(=O)(O)OCC(N)C(=O)O)OC(=O)CCCCCCCCCCCCCCCCCCCCCCC. The number of hydrogen-bond donors (Lipinski definition) is 3. The summed E-state index contributed by atoms with van der Waals surface area (Å²) in [6.45, 7) is 3.90. The van der Waals surface area contributed by atoms with Crippen molar-refractivity contribution in [1.29, 1.82) is 0 Å². The number of esters is 1. The quantitative estimate of drug-likeness (QED) is 0.0234. The molecule has 0 aliphatic carbocycles. The molecule has 338 valence electrons. The number of phosphoric ester groups is 1. The molecule has 0 bridgehead atoms. The zero-order valence-corrected chi connectivity index (χ0v) is 37.9. The molecule has 0 aromatic heterocycles. The normalized spacial score (nSPS) is 13.9. The summed E-state index contributed by atoms with van der Waals surface area (Å²) >= 11 is 0. The van der Waals surface area contributed by atoms with Crippen LogP contribution < -0.4 is 5.73 Å². The van der Waals surface area contributed by atoms with Crippen LogP contribution in [-0.2, 0) is 32.7 Å². The molecular weight excluding hydrogens is 741 g/mol. The van der Waals surface area contributed by atoms with E-state index < -0.39 is 45.1 Å². The summed E-state index contributed by atoms with van der Waals surface area (Å²) in [4.78, 5) is 33.6. The van der Waals surface area contributed by atoms with E-state index in [1.165, 1.54) is 167 Å². The minimum Gasteiger partial charge on any atom is -0.480 e. The molecule has 0 amide bonds. The standard InChI is InChI=1S/C46H90NO9P/c1-3-5-7-9-11-13-15-17-19-20-21-22-23-24-25-26-28-30-32-34-36-38-45(48)56-43(41-54-57(51,52)55-42-44(47)46(49)50)40-53-39-37-35-33-31-29-27-18-16-14-12-10-8-6-4-2/h14,16,43-44H,3-13,15,17-42,47H2,1-2H3,(H,49,50)(H,51,52)/b16-14-. The molecule has 4 N–H and O–H groups in total. The molecule has 0 radical (unpaired) electrons. The van der Waals surface area contributed by atoms with Crippen molar-refractivity contribution in [2.75, 3.05) is 26.4 Å². The smallest absolute Gasteiger partial charge is 0.472 e. The van der Waals surface area contributed by atoms with Crippen LogP contribution in [0.25, 0.3) is 0 Å². The van der Waals surface area contributed by atoms with Crippen LogP contribution in [0.5, 0.6) is 0 Å². The van der Waals surface area contributed by atoms with E-state index in [-0.39, 0.29) is 13.0 Å². The number of unbranched alkanes of at least 4 members (excludes halogenated alkanes) is 30. The number of allylic oxidation sites excluding steroid dienone is 2. The number of ether oxygens (including phenoxy) is 2. The molecule has 0 aromatic carbocycles. The summed E-state index contributed by atoms with van der Waals surface area (Å²) in [7, 11) is -4.61. The van der Waals surface area contributed by atoms with Crippen LogP contribution in [0.2, 0.25) is 0 Å². The Morgan fingerprint density at radius 1 is 0.544 bits per heavy atom. The van der Waals surface area contributed by atoms with Gasteiger partial charge < -0.3 is 25.2 Å². The molecule has 3 atom stereocenters. The molecular formula is C46H90NO9P. The van der Waals surface area contributed by atoms with Crippen LogP contribution in [0.15, 0.2) is 12.2 Å². The zero-order valence-electron chi connectivity index (χ0n) is 37.0. The van der Waals surface area contributed by atoms with Gasteiger partial charge in [0.15, 0.2) is 0 Å². The Morgan fingerprint density at radius 3 is 1.35 bits per heavy atom. The van der Waals surface area contributed by atoms with Crippen molar-refractivity contribution in [3.8, 4) is 0 Å². The first-order valence-corrected chi connectivity index (χ1v) is 25.2. The third-order valence-electron chi connectivity index (χ3n) is 10.5. The number of carboxylic acid groups (broad SMARTS) is 1. The maximum absolute atomic E-state index is 12.7. The Kier molecular flexibility index (Phi) is 41.9. The van der Waals surface area contributed by atoms with Gasteiger partial charge >= 0.3 is 19.8 Å². The molecule has 0 saturated carbocycles. The van der Waals surface area contributed by atoms with E-state index in [1.54, 1.807) is 0 Å². The first-order chi connectivity index (χ1) is 27.7. The fourth-order valence-electron chi connectivity index (χ4n) is 6.84. The van der Waals surface area contributed by atoms with Gasteiger partial charge in [-0.1, -0.05) is 199 Å². The predicted octanol–water partition coefficient (Wildman–Crippen LogP) is 13.3. The molecule has 11 heteroatoms. The molecule has 0 saturated heterocycles. The van der Waals surface area contributed by atoms with Crippen molar-refractivity contribution < 1.29 is 42.7 Å². The van der Waals surface area contributed by atoms with E-state index in [0.29, 0.717) is 6.61 Å². The third kappa shape index (κ3) is 42.6. The molecule has 3 unspecified atom stereocenters. The Hall–Kier alpha value is -1.29. The summed E-state index contributed by atoms with van der Waals surface area (Å²) in [5.41, 5.74) is 5.36. The number of phosphoric acid groups is 1. The third-order valence-corrected chi connectivity index (χ3v) is 11.5. The van der Waals surface area contributed by atoms with Crippen LogP contribution in [0.4, 0.5) is 0 Å². The largest absolute Gasteiger partial charge is 0.480 e. The van der Waals surface area contributed by atoms with E-state index in [2.05, 4.69) is 26.0 Å². The average molecular weight is 832 g/mol. The lowest BCUT2D eigenvalue weighted by molar-refractivity contribution is -0.154. The number of carboxylic acids is 1. The van der Waals surface area contributed by atoms with Gasteiger partial charge in [-0.3, -0.25) is 18.6 Å². The maximum Gasteiger partial charge on any atom is 0.472 e. The number of hydrogen-bond acceptors (Lipinski definition) is 8. The molecule has 0 aromatic rings. The lowest BCUT2D eigenvalue weighted by atomic mass is 10.0. The van der Waals surface area contributed by atoms with E-state index in [1.807, 2.05) is 0 Å². The topological polar surface area (TPSA) is 155 Å². The van der Waals surface area contributed by atoms with Gasteiger partial charge in [0.2, 0.25) is 0 Å². The summed E-state index contributed by atoms with van der Waals surface area (Å²) in [6.07, 6.45) is 45.5. The molecule has 0 heterocycles. The van der Waals surface area contributed by atoms with Gasteiger partial charge in [0.25, 0.3) is 0 Å². The van der Waals surface area contributed by atoms with Crippen LogP contribution in [0, 0.1) is 0 Å².